The Balaban J connectivity index is 0.000000293. The van der Waals surface area contributed by atoms with Crippen molar-refractivity contribution >= 4 is 7.82 Å². The fourth-order valence-corrected chi connectivity index (χ4v) is 1.72. The fourth-order valence-electron chi connectivity index (χ4n) is 0.930. The molecule has 98 valence electrons. The average Bonchev–Trinajstić information content (AvgIpc) is 2.44. The highest BCUT2D eigenvalue weighted by molar-refractivity contribution is 7.47. The number of phosphoric acid groups is 1. The minimum absolute atomic E-state index is 0.327. The van der Waals surface area contributed by atoms with Gasteiger partial charge in [0.25, 0.3) is 0 Å². The average molecular weight is 255 g/mol. The third-order valence-electron chi connectivity index (χ3n) is 1.69. The number of nitrogens with one attached hydrogen (secondary N) is 1. The Bertz CT molecular complexity index is 190. The first kappa shape index (κ1) is 16.0. The molecule has 8 heteroatoms. The van der Waals surface area contributed by atoms with Gasteiger partial charge in [0.1, 0.15) is 0 Å². The molecule has 1 rings (SSSR count). The maximum absolute atomic E-state index is 10.6. The first-order chi connectivity index (χ1) is 7.62. The van der Waals surface area contributed by atoms with E-state index in [-0.39, 0.29) is 0 Å². The summed E-state index contributed by atoms with van der Waals surface area (Å²) in [6.45, 7) is 3.79. The molecule has 0 atom stereocenters. The van der Waals surface area contributed by atoms with Crippen LogP contribution in [0.25, 0.3) is 0 Å². The molecular weight excluding hydrogens is 233 g/mol. The van der Waals surface area contributed by atoms with Crippen LogP contribution in [0.15, 0.2) is 0 Å². The minimum atomic E-state index is -3.63. The van der Waals surface area contributed by atoms with Crippen LogP contribution in [0, 0.1) is 0 Å². The van der Waals surface area contributed by atoms with E-state index >= 15 is 0 Å². The lowest BCUT2D eigenvalue weighted by Gasteiger charge is -2.05. The first-order valence-corrected chi connectivity index (χ1v) is 6.84. The van der Waals surface area contributed by atoms with Crippen molar-refractivity contribution in [2.45, 2.75) is 12.8 Å². The fraction of sp³-hybridized carbons (Fsp3) is 1.00. The molecule has 0 aromatic heterocycles. The number of nitrogens with two attached hydrogens (primary N) is 2. The molecule has 1 heterocycles. The molecule has 0 aliphatic carbocycles. The zero-order valence-electron chi connectivity index (χ0n) is 9.43. The molecule has 16 heavy (non-hydrogen) atoms. The van der Waals surface area contributed by atoms with Crippen molar-refractivity contribution in [3.8, 4) is 0 Å². The predicted molar refractivity (Wildman–Crippen MR) is 61.9 cm³/mol. The van der Waals surface area contributed by atoms with E-state index in [4.69, 9.17) is 16.4 Å². The predicted octanol–water partition coefficient (Wildman–Crippen LogP) is -0.593. The van der Waals surface area contributed by atoms with Crippen LogP contribution in [0.5, 0.6) is 0 Å². The van der Waals surface area contributed by atoms with Gasteiger partial charge in [0.2, 0.25) is 0 Å². The zero-order chi connectivity index (χ0) is 12.3. The summed E-state index contributed by atoms with van der Waals surface area (Å²) >= 11 is 0. The molecule has 0 aromatic carbocycles. The number of rotatable bonds is 4. The molecule has 1 saturated heterocycles. The van der Waals surface area contributed by atoms with E-state index in [2.05, 4.69) is 14.4 Å². The number of phosphoric ester groups is 1. The van der Waals surface area contributed by atoms with Crippen LogP contribution in [-0.4, -0.2) is 44.3 Å². The number of hydrogen-bond acceptors (Lipinski definition) is 6. The summed E-state index contributed by atoms with van der Waals surface area (Å²) in [5.74, 6) is 0. The minimum Gasteiger partial charge on any atom is -0.329 e. The molecule has 0 radical (unpaired) electrons. The van der Waals surface area contributed by atoms with Crippen molar-refractivity contribution in [1.29, 1.82) is 0 Å². The maximum Gasteiger partial charge on any atom is 0.472 e. The molecule has 1 aliphatic rings. The molecule has 0 bridgehead atoms. The van der Waals surface area contributed by atoms with Crippen LogP contribution in [-0.2, 0) is 13.6 Å². The van der Waals surface area contributed by atoms with E-state index in [1.165, 1.54) is 0 Å². The Morgan fingerprint density at radius 2 is 1.56 bits per heavy atom. The van der Waals surface area contributed by atoms with Gasteiger partial charge in [-0.3, -0.25) is 9.05 Å². The Morgan fingerprint density at radius 3 is 1.94 bits per heavy atom. The molecule has 1 aliphatic heterocycles. The van der Waals surface area contributed by atoms with E-state index in [0.29, 0.717) is 26.3 Å². The van der Waals surface area contributed by atoms with Crippen LogP contribution in [0.1, 0.15) is 12.8 Å². The molecule has 0 spiro atoms. The second kappa shape index (κ2) is 10.2. The van der Waals surface area contributed by atoms with Crippen molar-refractivity contribution in [1.82, 2.24) is 5.32 Å². The van der Waals surface area contributed by atoms with E-state index in [0.717, 1.165) is 25.9 Å². The Labute approximate surface area is 96.1 Å². The van der Waals surface area contributed by atoms with Gasteiger partial charge < -0.3 is 21.7 Å². The van der Waals surface area contributed by atoms with E-state index < -0.39 is 7.82 Å². The second-order valence-corrected chi connectivity index (χ2v) is 4.62. The standard InChI is InChI=1S/C4H13N3.C4H9O4P/c5-1-3-7-4-2-6;5-9(6)7-3-1-2-4-8-9/h7H,1-6H2;1-4H2,(H,5,6). The summed E-state index contributed by atoms with van der Waals surface area (Å²) < 4.78 is 19.5. The van der Waals surface area contributed by atoms with Crippen molar-refractivity contribution in [2.75, 3.05) is 39.4 Å². The van der Waals surface area contributed by atoms with Gasteiger partial charge in [-0.15, -0.1) is 0 Å². The normalized spacial score (nSPS) is 19.4. The van der Waals surface area contributed by atoms with E-state index in [9.17, 15) is 4.57 Å². The topological polar surface area (TPSA) is 120 Å². The molecule has 7 nitrogen and oxygen atoms in total. The summed E-state index contributed by atoms with van der Waals surface area (Å²) in [5, 5.41) is 3.03. The molecule has 1 fully saturated rings. The van der Waals surface area contributed by atoms with Gasteiger partial charge in [0.05, 0.1) is 13.2 Å². The molecule has 0 unspecified atom stereocenters. The zero-order valence-corrected chi connectivity index (χ0v) is 10.3. The van der Waals surface area contributed by atoms with Crippen LogP contribution in [0.2, 0.25) is 0 Å². The van der Waals surface area contributed by atoms with Gasteiger partial charge in [-0.25, -0.2) is 4.57 Å². The second-order valence-electron chi connectivity index (χ2n) is 3.17. The van der Waals surface area contributed by atoms with Gasteiger partial charge in [-0.2, -0.15) is 0 Å². The molecular formula is C8H22N3O4P. The highest BCUT2D eigenvalue weighted by atomic mass is 31.2. The summed E-state index contributed by atoms with van der Waals surface area (Å²) in [5.41, 5.74) is 10.3. The molecule has 0 amide bonds. The Kier molecular flexibility index (Phi) is 10.2. The van der Waals surface area contributed by atoms with Crippen LogP contribution in [0.4, 0.5) is 0 Å². The largest absolute Gasteiger partial charge is 0.472 e. The lowest BCUT2D eigenvalue weighted by atomic mass is 10.3. The van der Waals surface area contributed by atoms with Gasteiger partial charge in [0.15, 0.2) is 0 Å². The lowest BCUT2D eigenvalue weighted by Crippen LogP contribution is -2.27. The van der Waals surface area contributed by atoms with E-state index in [1.807, 2.05) is 0 Å². The summed E-state index contributed by atoms with van der Waals surface area (Å²) in [6.07, 6.45) is 1.59. The highest BCUT2D eigenvalue weighted by Crippen LogP contribution is 2.44. The lowest BCUT2D eigenvalue weighted by molar-refractivity contribution is 0.176. The summed E-state index contributed by atoms with van der Waals surface area (Å²) in [4.78, 5) is 8.67. The molecule has 6 N–H and O–H groups in total. The third kappa shape index (κ3) is 10.5. The van der Waals surface area contributed by atoms with Gasteiger partial charge >= 0.3 is 7.82 Å². The van der Waals surface area contributed by atoms with Crippen molar-refractivity contribution < 1.29 is 18.5 Å². The van der Waals surface area contributed by atoms with Crippen LogP contribution >= 0.6 is 7.82 Å². The summed E-state index contributed by atoms with van der Waals surface area (Å²) in [7, 11) is -3.63. The van der Waals surface area contributed by atoms with Gasteiger partial charge in [-0.1, -0.05) is 0 Å². The van der Waals surface area contributed by atoms with E-state index in [1.54, 1.807) is 0 Å². The van der Waals surface area contributed by atoms with Gasteiger partial charge in [-0.05, 0) is 12.8 Å². The SMILES string of the molecule is NCCNCCN.O=P1(O)OCCCCO1. The maximum atomic E-state index is 10.6. The van der Waals surface area contributed by atoms with Crippen LogP contribution < -0.4 is 16.8 Å². The van der Waals surface area contributed by atoms with Gasteiger partial charge in [0, 0.05) is 26.2 Å². The Hall–Kier alpha value is -0.0100. The number of hydrogen-bond donors (Lipinski definition) is 4. The van der Waals surface area contributed by atoms with Crippen molar-refractivity contribution in [3.05, 3.63) is 0 Å². The third-order valence-corrected chi connectivity index (χ3v) is 2.71. The monoisotopic (exact) mass is 255 g/mol. The smallest absolute Gasteiger partial charge is 0.329 e. The molecule has 0 saturated carbocycles. The molecule has 0 aromatic rings. The Morgan fingerprint density at radius 1 is 1.12 bits per heavy atom. The highest BCUT2D eigenvalue weighted by Gasteiger charge is 2.22. The van der Waals surface area contributed by atoms with Crippen LogP contribution in [0.3, 0.4) is 0 Å². The quantitative estimate of drug-likeness (QED) is 0.391. The van der Waals surface area contributed by atoms with Crippen molar-refractivity contribution in [3.63, 3.8) is 0 Å². The first-order valence-electron chi connectivity index (χ1n) is 5.35. The summed E-state index contributed by atoms with van der Waals surface area (Å²) in [6, 6.07) is 0. The van der Waals surface area contributed by atoms with Crippen molar-refractivity contribution in [2.24, 2.45) is 11.5 Å².